The molecular weight excluding hydrogens is 300 g/mol. The molecule has 0 radical (unpaired) electrons. The van der Waals surface area contributed by atoms with E-state index in [1.807, 2.05) is 43.3 Å². The molecule has 112 valence electrons. The number of anilines is 2. The smallest absolute Gasteiger partial charge is 0.323 e. The lowest BCUT2D eigenvalue weighted by molar-refractivity contribution is 1.21. The van der Waals surface area contributed by atoms with Gasteiger partial charge in [0.2, 0.25) is 0 Å². The van der Waals surface area contributed by atoms with Crippen LogP contribution in [-0.2, 0) is 0 Å². The van der Waals surface area contributed by atoms with Crippen molar-refractivity contribution in [2.75, 3.05) is 10.6 Å². The summed E-state index contributed by atoms with van der Waals surface area (Å²) in [6.07, 6.45) is 0. The Morgan fingerprint density at radius 1 is 1.05 bits per heavy atom. The molecule has 4 N–H and O–H groups in total. The Balaban J connectivity index is 1.74. The molecule has 3 aromatic rings. The minimum Gasteiger partial charge on any atom is -0.342 e. The molecule has 0 aliphatic heterocycles. The fraction of sp³-hybridized carbons (Fsp3) is 0.0625. The van der Waals surface area contributed by atoms with Gasteiger partial charge in [0.05, 0.1) is 11.0 Å². The lowest BCUT2D eigenvalue weighted by atomic mass is 10.2. The maximum absolute atomic E-state index is 11.2. The first kappa shape index (κ1) is 14.3. The highest BCUT2D eigenvalue weighted by Crippen LogP contribution is 2.22. The average molecular weight is 315 g/mol. The number of halogens is 1. The van der Waals surface area contributed by atoms with Gasteiger partial charge in [-0.1, -0.05) is 24.2 Å². The van der Waals surface area contributed by atoms with Crippen molar-refractivity contribution in [3.8, 4) is 0 Å². The van der Waals surface area contributed by atoms with Crippen molar-refractivity contribution in [2.45, 2.75) is 6.92 Å². The van der Waals surface area contributed by atoms with Crippen molar-refractivity contribution < 1.29 is 0 Å². The minimum atomic E-state index is -0.224. The van der Waals surface area contributed by atoms with E-state index in [1.165, 1.54) is 0 Å². The summed E-state index contributed by atoms with van der Waals surface area (Å²) in [5.41, 5.74) is 3.97. The van der Waals surface area contributed by atoms with E-state index in [-0.39, 0.29) is 5.69 Å². The van der Waals surface area contributed by atoms with E-state index in [9.17, 15) is 4.79 Å². The van der Waals surface area contributed by atoms with Crippen molar-refractivity contribution in [3.05, 3.63) is 69.9 Å². The Kier molecular flexibility index (Phi) is 3.65. The monoisotopic (exact) mass is 314 g/mol. The van der Waals surface area contributed by atoms with Gasteiger partial charge in [0.15, 0.2) is 0 Å². The summed E-state index contributed by atoms with van der Waals surface area (Å²) in [4.78, 5) is 16.7. The third kappa shape index (κ3) is 2.99. The number of rotatable bonds is 4. The third-order valence-electron chi connectivity index (χ3n) is 3.28. The molecule has 2 aromatic carbocycles. The summed E-state index contributed by atoms with van der Waals surface area (Å²) < 4.78 is 0. The van der Waals surface area contributed by atoms with Gasteiger partial charge in [0, 0.05) is 16.4 Å². The summed E-state index contributed by atoms with van der Waals surface area (Å²) >= 11 is 6.10. The van der Waals surface area contributed by atoms with Gasteiger partial charge in [-0.15, -0.1) is 0 Å². The van der Waals surface area contributed by atoms with Crippen molar-refractivity contribution >= 4 is 34.0 Å². The summed E-state index contributed by atoms with van der Waals surface area (Å²) in [6, 6.07) is 11.2. The maximum atomic E-state index is 11.2. The molecule has 0 atom stereocenters. The van der Waals surface area contributed by atoms with E-state index in [2.05, 4.69) is 27.2 Å². The number of aromatic amines is 2. The van der Waals surface area contributed by atoms with E-state index in [4.69, 9.17) is 11.6 Å². The molecule has 0 fully saturated rings. The van der Waals surface area contributed by atoms with Crippen LogP contribution < -0.4 is 16.3 Å². The van der Waals surface area contributed by atoms with Crippen LogP contribution in [0.4, 0.5) is 11.4 Å². The number of benzene rings is 2. The standard InChI is InChI=1S/C16H15ClN4O/c1-9-3-4-11(7-13(9)17)18-10(2)19-12-5-6-14-15(8-12)21-16(22)20-14/h3-8,18-19H,2H2,1H3,(H2,20,21,22). The fourth-order valence-corrected chi connectivity index (χ4v) is 2.34. The Labute approximate surface area is 132 Å². The number of nitrogens with one attached hydrogen (secondary N) is 4. The van der Waals surface area contributed by atoms with Gasteiger partial charge < -0.3 is 20.6 Å². The summed E-state index contributed by atoms with van der Waals surface area (Å²) in [5.74, 6) is 0.608. The van der Waals surface area contributed by atoms with Crippen LogP contribution in [0.5, 0.6) is 0 Å². The second-order valence-corrected chi connectivity index (χ2v) is 5.44. The van der Waals surface area contributed by atoms with E-state index in [0.29, 0.717) is 10.8 Å². The highest BCUT2D eigenvalue weighted by Gasteiger charge is 2.02. The van der Waals surface area contributed by atoms with Gasteiger partial charge in [-0.3, -0.25) is 0 Å². The average Bonchev–Trinajstić information content (AvgIpc) is 2.82. The molecular formula is C16H15ClN4O. The fourth-order valence-electron chi connectivity index (χ4n) is 2.16. The van der Waals surface area contributed by atoms with Crippen molar-refractivity contribution in [2.24, 2.45) is 0 Å². The zero-order valence-electron chi connectivity index (χ0n) is 12.0. The topological polar surface area (TPSA) is 72.7 Å². The van der Waals surface area contributed by atoms with Crippen molar-refractivity contribution in [1.29, 1.82) is 0 Å². The zero-order valence-corrected chi connectivity index (χ0v) is 12.7. The molecule has 5 nitrogen and oxygen atoms in total. The Morgan fingerprint density at radius 2 is 1.68 bits per heavy atom. The molecule has 0 aliphatic carbocycles. The van der Waals surface area contributed by atoms with Crippen LogP contribution in [-0.4, -0.2) is 9.97 Å². The van der Waals surface area contributed by atoms with Crippen molar-refractivity contribution in [3.63, 3.8) is 0 Å². The van der Waals surface area contributed by atoms with Gasteiger partial charge in [-0.05, 0) is 42.8 Å². The van der Waals surface area contributed by atoms with Crippen LogP contribution in [0.1, 0.15) is 5.56 Å². The molecule has 0 spiro atoms. The van der Waals surface area contributed by atoms with Crippen LogP contribution in [0, 0.1) is 6.92 Å². The molecule has 0 bridgehead atoms. The first-order valence-corrected chi connectivity index (χ1v) is 7.10. The van der Waals surface area contributed by atoms with Gasteiger partial charge in [-0.2, -0.15) is 0 Å². The lowest BCUT2D eigenvalue weighted by Crippen LogP contribution is -2.08. The first-order chi connectivity index (χ1) is 10.5. The molecule has 0 amide bonds. The number of imidazole rings is 1. The number of fused-ring (bicyclic) bond motifs is 1. The maximum Gasteiger partial charge on any atom is 0.323 e. The molecule has 6 heteroatoms. The largest absolute Gasteiger partial charge is 0.342 e. The number of aromatic nitrogens is 2. The van der Waals surface area contributed by atoms with E-state index >= 15 is 0 Å². The predicted octanol–water partition coefficient (Wildman–Crippen LogP) is 3.81. The molecule has 3 rings (SSSR count). The predicted molar refractivity (Wildman–Crippen MR) is 91.5 cm³/mol. The number of aryl methyl sites for hydroxylation is 1. The lowest BCUT2D eigenvalue weighted by Gasteiger charge is -2.13. The molecule has 0 saturated heterocycles. The molecule has 0 saturated carbocycles. The van der Waals surface area contributed by atoms with Crippen LogP contribution in [0.3, 0.4) is 0 Å². The summed E-state index contributed by atoms with van der Waals surface area (Å²) in [6.45, 7) is 5.89. The summed E-state index contributed by atoms with van der Waals surface area (Å²) in [5, 5.41) is 6.98. The summed E-state index contributed by atoms with van der Waals surface area (Å²) in [7, 11) is 0. The van der Waals surface area contributed by atoms with Gasteiger partial charge in [0.1, 0.15) is 5.82 Å². The number of hydrogen-bond acceptors (Lipinski definition) is 3. The normalized spacial score (nSPS) is 10.6. The molecule has 1 heterocycles. The zero-order chi connectivity index (χ0) is 15.7. The van der Waals surface area contributed by atoms with E-state index in [0.717, 1.165) is 28.0 Å². The first-order valence-electron chi connectivity index (χ1n) is 6.72. The van der Waals surface area contributed by atoms with Crippen LogP contribution >= 0.6 is 11.6 Å². The number of H-pyrrole nitrogens is 2. The molecule has 22 heavy (non-hydrogen) atoms. The van der Waals surface area contributed by atoms with Gasteiger partial charge in [-0.25, -0.2) is 4.79 Å². The Bertz CT molecular complexity index is 910. The Morgan fingerprint density at radius 3 is 2.41 bits per heavy atom. The highest BCUT2D eigenvalue weighted by molar-refractivity contribution is 6.31. The third-order valence-corrected chi connectivity index (χ3v) is 3.69. The van der Waals surface area contributed by atoms with Crippen LogP contribution in [0.15, 0.2) is 53.6 Å². The quantitative estimate of drug-likeness (QED) is 0.591. The second kappa shape index (κ2) is 5.61. The van der Waals surface area contributed by atoms with Gasteiger partial charge >= 0.3 is 5.69 Å². The second-order valence-electron chi connectivity index (χ2n) is 5.03. The molecule has 1 aromatic heterocycles. The van der Waals surface area contributed by atoms with Crippen molar-refractivity contribution in [1.82, 2.24) is 9.97 Å². The highest BCUT2D eigenvalue weighted by atomic mass is 35.5. The van der Waals surface area contributed by atoms with Crippen LogP contribution in [0.2, 0.25) is 5.02 Å². The molecule has 0 aliphatic rings. The van der Waals surface area contributed by atoms with E-state index < -0.39 is 0 Å². The van der Waals surface area contributed by atoms with E-state index in [1.54, 1.807) is 0 Å². The molecule has 0 unspecified atom stereocenters. The number of hydrogen-bond donors (Lipinski definition) is 4. The van der Waals surface area contributed by atoms with Gasteiger partial charge in [0.25, 0.3) is 0 Å². The SMILES string of the molecule is C=C(Nc1ccc(C)c(Cl)c1)Nc1ccc2[nH]c(=O)[nH]c2c1. The minimum absolute atomic E-state index is 0.224. The Hall–Kier alpha value is -2.66. The van der Waals surface area contributed by atoms with Crippen LogP contribution in [0.25, 0.3) is 11.0 Å².